The second-order valence-electron chi connectivity index (χ2n) is 5.45. The third-order valence-corrected chi connectivity index (χ3v) is 3.77. The molecule has 4 nitrogen and oxygen atoms in total. The number of likely N-dealkylation sites (tertiary alicyclic amines) is 1. The highest BCUT2D eigenvalue weighted by Crippen LogP contribution is 2.17. The summed E-state index contributed by atoms with van der Waals surface area (Å²) in [6.45, 7) is 11.3. The summed E-state index contributed by atoms with van der Waals surface area (Å²) < 4.78 is 0. The summed E-state index contributed by atoms with van der Waals surface area (Å²) in [6.07, 6.45) is 3.81. The first-order valence-corrected chi connectivity index (χ1v) is 7.36. The highest BCUT2D eigenvalue weighted by atomic mass is 15.2. The molecule has 1 saturated heterocycles. The summed E-state index contributed by atoms with van der Waals surface area (Å²) in [4.78, 5) is 6.81. The average molecular weight is 254 g/mol. The van der Waals surface area contributed by atoms with Gasteiger partial charge in [0.05, 0.1) is 0 Å². The SMILES string of the molecule is CCCNC(=NC)NCC(C)N1CCC(C)CC1. The summed E-state index contributed by atoms with van der Waals surface area (Å²) in [6, 6.07) is 0.581. The van der Waals surface area contributed by atoms with Crippen LogP contribution < -0.4 is 10.6 Å². The van der Waals surface area contributed by atoms with Crippen molar-refractivity contribution in [2.45, 2.75) is 46.1 Å². The van der Waals surface area contributed by atoms with E-state index in [1.165, 1.54) is 25.9 Å². The molecule has 0 saturated carbocycles. The van der Waals surface area contributed by atoms with Gasteiger partial charge in [0, 0.05) is 26.2 Å². The summed E-state index contributed by atoms with van der Waals surface area (Å²) in [7, 11) is 1.83. The predicted octanol–water partition coefficient (Wildman–Crippen LogP) is 1.68. The molecule has 1 aliphatic rings. The maximum atomic E-state index is 4.23. The topological polar surface area (TPSA) is 39.7 Å². The van der Waals surface area contributed by atoms with Crippen molar-refractivity contribution in [2.75, 3.05) is 33.2 Å². The Morgan fingerprint density at radius 3 is 2.56 bits per heavy atom. The van der Waals surface area contributed by atoms with Gasteiger partial charge < -0.3 is 10.6 Å². The van der Waals surface area contributed by atoms with Crippen molar-refractivity contribution in [3.8, 4) is 0 Å². The smallest absolute Gasteiger partial charge is 0.191 e. The number of guanidine groups is 1. The van der Waals surface area contributed by atoms with E-state index in [0.717, 1.165) is 31.4 Å². The van der Waals surface area contributed by atoms with Gasteiger partial charge in [0.15, 0.2) is 5.96 Å². The lowest BCUT2D eigenvalue weighted by atomic mass is 9.98. The van der Waals surface area contributed by atoms with Gasteiger partial charge in [0.1, 0.15) is 0 Å². The molecule has 1 unspecified atom stereocenters. The molecule has 1 fully saturated rings. The average Bonchev–Trinajstić information content (AvgIpc) is 2.39. The molecule has 1 heterocycles. The van der Waals surface area contributed by atoms with Gasteiger partial charge in [-0.15, -0.1) is 0 Å². The predicted molar refractivity (Wildman–Crippen MR) is 79.1 cm³/mol. The van der Waals surface area contributed by atoms with Crippen LogP contribution in [0.15, 0.2) is 4.99 Å². The molecule has 1 rings (SSSR count). The Morgan fingerprint density at radius 1 is 1.33 bits per heavy atom. The van der Waals surface area contributed by atoms with E-state index in [0.29, 0.717) is 6.04 Å². The molecular weight excluding hydrogens is 224 g/mol. The van der Waals surface area contributed by atoms with Gasteiger partial charge in [-0.05, 0) is 45.2 Å². The number of hydrogen-bond acceptors (Lipinski definition) is 2. The molecule has 0 bridgehead atoms. The molecule has 4 heteroatoms. The maximum Gasteiger partial charge on any atom is 0.191 e. The maximum absolute atomic E-state index is 4.23. The molecule has 1 aliphatic heterocycles. The van der Waals surface area contributed by atoms with Crippen LogP contribution in [0, 0.1) is 5.92 Å². The molecule has 18 heavy (non-hydrogen) atoms. The van der Waals surface area contributed by atoms with Crippen LogP contribution >= 0.6 is 0 Å². The van der Waals surface area contributed by atoms with Crippen LogP contribution in [-0.4, -0.2) is 50.1 Å². The van der Waals surface area contributed by atoms with Crippen LogP contribution in [0.25, 0.3) is 0 Å². The third-order valence-electron chi connectivity index (χ3n) is 3.77. The first-order chi connectivity index (χ1) is 8.67. The van der Waals surface area contributed by atoms with Crippen molar-refractivity contribution < 1.29 is 0 Å². The van der Waals surface area contributed by atoms with Crippen LogP contribution in [0.1, 0.15) is 40.0 Å². The van der Waals surface area contributed by atoms with E-state index < -0.39 is 0 Å². The summed E-state index contributed by atoms with van der Waals surface area (Å²) in [5.74, 6) is 1.83. The number of piperidine rings is 1. The lowest BCUT2D eigenvalue weighted by molar-refractivity contribution is 0.147. The molecule has 2 N–H and O–H groups in total. The first-order valence-electron chi connectivity index (χ1n) is 7.36. The van der Waals surface area contributed by atoms with Crippen molar-refractivity contribution in [3.05, 3.63) is 0 Å². The molecule has 0 aromatic rings. The largest absolute Gasteiger partial charge is 0.356 e. The van der Waals surface area contributed by atoms with E-state index in [9.17, 15) is 0 Å². The van der Waals surface area contributed by atoms with E-state index in [2.05, 4.69) is 41.3 Å². The van der Waals surface area contributed by atoms with E-state index >= 15 is 0 Å². The van der Waals surface area contributed by atoms with Gasteiger partial charge in [-0.2, -0.15) is 0 Å². The zero-order valence-corrected chi connectivity index (χ0v) is 12.5. The lowest BCUT2D eigenvalue weighted by Crippen LogP contribution is -2.48. The van der Waals surface area contributed by atoms with Crippen LogP contribution in [-0.2, 0) is 0 Å². The molecule has 0 radical (unpaired) electrons. The van der Waals surface area contributed by atoms with Crippen molar-refractivity contribution in [1.29, 1.82) is 0 Å². The highest BCUT2D eigenvalue weighted by molar-refractivity contribution is 5.79. The molecule has 0 aliphatic carbocycles. The Kier molecular flexibility index (Phi) is 7.09. The fraction of sp³-hybridized carbons (Fsp3) is 0.929. The van der Waals surface area contributed by atoms with Crippen molar-refractivity contribution in [3.63, 3.8) is 0 Å². The molecule has 106 valence electrons. The number of nitrogens with one attached hydrogen (secondary N) is 2. The summed E-state index contributed by atoms with van der Waals surface area (Å²) >= 11 is 0. The fourth-order valence-electron chi connectivity index (χ4n) is 2.31. The molecular formula is C14H30N4. The third kappa shape index (κ3) is 5.25. The van der Waals surface area contributed by atoms with Crippen molar-refractivity contribution in [1.82, 2.24) is 15.5 Å². The Bertz CT molecular complexity index is 244. The van der Waals surface area contributed by atoms with E-state index in [4.69, 9.17) is 0 Å². The van der Waals surface area contributed by atoms with Crippen molar-refractivity contribution in [2.24, 2.45) is 10.9 Å². The van der Waals surface area contributed by atoms with Gasteiger partial charge in [0.25, 0.3) is 0 Å². The van der Waals surface area contributed by atoms with Gasteiger partial charge in [0.2, 0.25) is 0 Å². The number of hydrogen-bond donors (Lipinski definition) is 2. The second kappa shape index (κ2) is 8.35. The minimum absolute atomic E-state index is 0.581. The Balaban J connectivity index is 2.25. The molecule has 0 aromatic heterocycles. The molecule has 0 amide bonds. The van der Waals surface area contributed by atoms with Crippen molar-refractivity contribution >= 4 is 5.96 Å². The Morgan fingerprint density at radius 2 is 2.00 bits per heavy atom. The zero-order valence-electron chi connectivity index (χ0n) is 12.5. The van der Waals surface area contributed by atoms with Gasteiger partial charge in [-0.3, -0.25) is 9.89 Å². The van der Waals surface area contributed by atoms with Crippen LogP contribution in [0.3, 0.4) is 0 Å². The summed E-state index contributed by atoms with van der Waals surface area (Å²) in [5, 5.41) is 6.71. The minimum atomic E-state index is 0.581. The lowest BCUT2D eigenvalue weighted by Gasteiger charge is -2.35. The standard InChI is InChI=1S/C14H30N4/c1-5-8-16-14(15-4)17-11-13(3)18-9-6-12(2)7-10-18/h12-13H,5-11H2,1-4H3,(H2,15,16,17). The van der Waals surface area contributed by atoms with Crippen LogP contribution in [0.4, 0.5) is 0 Å². The number of rotatable bonds is 5. The normalized spacial score (nSPS) is 20.8. The fourth-order valence-corrected chi connectivity index (χ4v) is 2.31. The zero-order chi connectivity index (χ0) is 13.4. The first kappa shape index (κ1) is 15.3. The highest BCUT2D eigenvalue weighted by Gasteiger charge is 2.20. The minimum Gasteiger partial charge on any atom is -0.356 e. The van der Waals surface area contributed by atoms with Gasteiger partial charge in [-0.1, -0.05) is 13.8 Å². The quantitative estimate of drug-likeness (QED) is 0.579. The van der Waals surface area contributed by atoms with E-state index in [1.54, 1.807) is 0 Å². The monoisotopic (exact) mass is 254 g/mol. The van der Waals surface area contributed by atoms with Gasteiger partial charge in [-0.25, -0.2) is 0 Å². The molecule has 0 aromatic carbocycles. The van der Waals surface area contributed by atoms with E-state index in [1.807, 2.05) is 7.05 Å². The van der Waals surface area contributed by atoms with Crippen LogP contribution in [0.5, 0.6) is 0 Å². The number of nitrogens with zero attached hydrogens (tertiary/aromatic N) is 2. The summed E-state index contributed by atoms with van der Waals surface area (Å²) in [5.41, 5.74) is 0. The Labute approximate surface area is 112 Å². The second-order valence-corrected chi connectivity index (χ2v) is 5.45. The number of aliphatic imine (C=N–C) groups is 1. The Hall–Kier alpha value is -0.770. The van der Waals surface area contributed by atoms with E-state index in [-0.39, 0.29) is 0 Å². The van der Waals surface area contributed by atoms with Crippen LogP contribution in [0.2, 0.25) is 0 Å². The molecule has 0 spiro atoms. The molecule has 1 atom stereocenters. The van der Waals surface area contributed by atoms with Gasteiger partial charge >= 0.3 is 0 Å².